The number of rotatable bonds is 4. The van der Waals surface area contributed by atoms with Crippen molar-refractivity contribution in [3.63, 3.8) is 0 Å². The van der Waals surface area contributed by atoms with Crippen LogP contribution in [0.1, 0.15) is 46.0 Å². The van der Waals surface area contributed by atoms with E-state index < -0.39 is 0 Å². The maximum atomic E-state index is 12.7. The number of nitrogens with zero attached hydrogens (tertiary/aromatic N) is 1. The van der Waals surface area contributed by atoms with Crippen molar-refractivity contribution in [1.29, 1.82) is 0 Å². The van der Waals surface area contributed by atoms with Gasteiger partial charge in [0, 0.05) is 41.8 Å². The second kappa shape index (κ2) is 7.25. The Kier molecular flexibility index (Phi) is 5.06. The normalized spacial score (nSPS) is 13.4. The molecule has 0 aliphatic carbocycles. The SMILES string of the molecule is CC(C)NC(=O)c1ccc(Cl)cc1NC(=O)c1n[nH]c2c1CNCC2. The molecule has 0 saturated carbocycles. The van der Waals surface area contributed by atoms with Crippen LogP contribution in [0.15, 0.2) is 18.2 Å². The van der Waals surface area contributed by atoms with Crippen LogP contribution in [0.5, 0.6) is 0 Å². The first-order chi connectivity index (χ1) is 12.0. The molecular formula is C17H20ClN5O2. The van der Waals surface area contributed by atoms with Gasteiger partial charge in [0.15, 0.2) is 5.69 Å². The van der Waals surface area contributed by atoms with Crippen molar-refractivity contribution >= 4 is 29.1 Å². The van der Waals surface area contributed by atoms with Crippen molar-refractivity contribution in [2.75, 3.05) is 11.9 Å². The van der Waals surface area contributed by atoms with Crippen LogP contribution in [0.4, 0.5) is 5.69 Å². The Labute approximate surface area is 150 Å². The number of anilines is 1. The Morgan fingerprint density at radius 3 is 2.84 bits per heavy atom. The number of nitrogens with one attached hydrogen (secondary N) is 4. The predicted octanol–water partition coefficient (Wildman–Crippen LogP) is 2.10. The Hall–Kier alpha value is -2.38. The van der Waals surface area contributed by atoms with Gasteiger partial charge in [-0.2, -0.15) is 5.10 Å². The first-order valence-electron chi connectivity index (χ1n) is 8.14. The Balaban J connectivity index is 1.87. The van der Waals surface area contributed by atoms with Crippen molar-refractivity contribution in [3.05, 3.63) is 45.7 Å². The van der Waals surface area contributed by atoms with Gasteiger partial charge in [0.05, 0.1) is 11.3 Å². The summed E-state index contributed by atoms with van der Waals surface area (Å²) in [7, 11) is 0. The van der Waals surface area contributed by atoms with Crippen LogP contribution in [0.3, 0.4) is 0 Å². The number of fused-ring (bicyclic) bond motifs is 1. The molecule has 0 radical (unpaired) electrons. The van der Waals surface area contributed by atoms with E-state index in [0.29, 0.717) is 28.5 Å². The molecule has 2 heterocycles. The molecule has 0 atom stereocenters. The Morgan fingerprint density at radius 2 is 2.08 bits per heavy atom. The predicted molar refractivity (Wildman–Crippen MR) is 96.0 cm³/mol. The van der Waals surface area contributed by atoms with Crippen LogP contribution in [-0.2, 0) is 13.0 Å². The second-order valence-corrected chi connectivity index (χ2v) is 6.66. The Bertz CT molecular complexity index is 815. The molecule has 1 aliphatic rings. The average Bonchev–Trinajstić information content (AvgIpc) is 2.98. The summed E-state index contributed by atoms with van der Waals surface area (Å²) in [5.74, 6) is -0.644. The highest BCUT2D eigenvalue weighted by atomic mass is 35.5. The van der Waals surface area contributed by atoms with E-state index in [1.807, 2.05) is 13.8 Å². The van der Waals surface area contributed by atoms with Crippen molar-refractivity contribution in [3.8, 4) is 0 Å². The zero-order chi connectivity index (χ0) is 18.0. The lowest BCUT2D eigenvalue weighted by Crippen LogP contribution is -2.31. The fourth-order valence-corrected chi connectivity index (χ4v) is 2.92. The number of H-pyrrole nitrogens is 1. The number of halogens is 1. The zero-order valence-electron chi connectivity index (χ0n) is 14.1. The molecule has 4 N–H and O–H groups in total. The van der Waals surface area contributed by atoms with Gasteiger partial charge in [-0.1, -0.05) is 11.6 Å². The molecule has 0 saturated heterocycles. The molecule has 1 aromatic heterocycles. The summed E-state index contributed by atoms with van der Waals surface area (Å²) in [5, 5.41) is 16.3. The zero-order valence-corrected chi connectivity index (χ0v) is 14.8. The highest BCUT2D eigenvalue weighted by molar-refractivity contribution is 6.31. The Morgan fingerprint density at radius 1 is 1.28 bits per heavy atom. The van der Waals surface area contributed by atoms with E-state index in [1.165, 1.54) is 0 Å². The standard InChI is InChI=1S/C17H20ClN5O2/c1-9(2)20-16(24)11-4-3-10(18)7-14(11)21-17(25)15-12-8-19-6-5-13(12)22-23-15/h3-4,7,9,19H,5-6,8H2,1-2H3,(H,20,24)(H,21,25)(H,22,23). The van der Waals surface area contributed by atoms with Crippen LogP contribution >= 0.6 is 11.6 Å². The van der Waals surface area contributed by atoms with Crippen molar-refractivity contribution in [1.82, 2.24) is 20.8 Å². The number of carbonyl (C=O) groups is 2. The van der Waals surface area contributed by atoms with E-state index in [2.05, 4.69) is 26.1 Å². The fraction of sp³-hybridized carbons (Fsp3) is 0.353. The van der Waals surface area contributed by atoms with Gasteiger partial charge in [0.2, 0.25) is 0 Å². The summed E-state index contributed by atoms with van der Waals surface area (Å²) in [4.78, 5) is 25.0. The molecule has 1 aliphatic heterocycles. The topological polar surface area (TPSA) is 98.9 Å². The molecule has 8 heteroatoms. The number of hydrogen-bond donors (Lipinski definition) is 4. The van der Waals surface area contributed by atoms with Crippen LogP contribution in [0, 0.1) is 0 Å². The van der Waals surface area contributed by atoms with Crippen LogP contribution in [-0.4, -0.2) is 34.6 Å². The van der Waals surface area contributed by atoms with Crippen molar-refractivity contribution in [2.24, 2.45) is 0 Å². The van der Waals surface area contributed by atoms with E-state index in [1.54, 1.807) is 18.2 Å². The minimum atomic E-state index is -0.373. The number of aromatic amines is 1. The van der Waals surface area contributed by atoms with Crippen molar-refractivity contribution < 1.29 is 9.59 Å². The van der Waals surface area contributed by atoms with E-state index in [4.69, 9.17) is 11.6 Å². The molecule has 0 unspecified atom stereocenters. The summed E-state index contributed by atoms with van der Waals surface area (Å²) >= 11 is 6.04. The highest BCUT2D eigenvalue weighted by Gasteiger charge is 2.23. The molecule has 2 amide bonds. The van der Waals surface area contributed by atoms with Gasteiger partial charge in [-0.25, -0.2) is 0 Å². The first kappa shape index (κ1) is 17.4. The third kappa shape index (κ3) is 3.83. The molecule has 25 heavy (non-hydrogen) atoms. The fourth-order valence-electron chi connectivity index (χ4n) is 2.75. The number of benzene rings is 1. The number of carbonyl (C=O) groups excluding carboxylic acids is 2. The third-order valence-electron chi connectivity index (χ3n) is 3.92. The van der Waals surface area contributed by atoms with E-state index in [-0.39, 0.29) is 17.9 Å². The summed E-state index contributed by atoms with van der Waals surface area (Å²) in [6.07, 6.45) is 0.800. The smallest absolute Gasteiger partial charge is 0.276 e. The maximum absolute atomic E-state index is 12.7. The van der Waals surface area contributed by atoms with Gasteiger partial charge in [-0.05, 0) is 32.0 Å². The van der Waals surface area contributed by atoms with Gasteiger partial charge in [-0.15, -0.1) is 0 Å². The van der Waals surface area contributed by atoms with Crippen LogP contribution < -0.4 is 16.0 Å². The van der Waals surface area contributed by atoms with Gasteiger partial charge in [0.25, 0.3) is 11.8 Å². The van der Waals surface area contributed by atoms with Gasteiger partial charge in [0.1, 0.15) is 0 Å². The second-order valence-electron chi connectivity index (χ2n) is 6.23. The first-order valence-corrected chi connectivity index (χ1v) is 8.52. The molecule has 0 bridgehead atoms. The van der Waals surface area contributed by atoms with E-state index in [9.17, 15) is 9.59 Å². The largest absolute Gasteiger partial charge is 0.350 e. The third-order valence-corrected chi connectivity index (χ3v) is 4.15. The van der Waals surface area contributed by atoms with Gasteiger partial charge >= 0.3 is 0 Å². The summed E-state index contributed by atoms with van der Waals surface area (Å²) in [6.45, 7) is 5.18. The van der Waals surface area contributed by atoms with Crippen molar-refractivity contribution in [2.45, 2.75) is 32.9 Å². The van der Waals surface area contributed by atoms with E-state index in [0.717, 1.165) is 24.2 Å². The van der Waals surface area contributed by atoms with Gasteiger partial charge in [-0.3, -0.25) is 14.7 Å². The number of aromatic nitrogens is 2. The molecule has 0 fully saturated rings. The minimum absolute atomic E-state index is 0.0174. The lowest BCUT2D eigenvalue weighted by atomic mass is 10.1. The highest BCUT2D eigenvalue weighted by Crippen LogP contribution is 2.23. The number of hydrogen-bond acceptors (Lipinski definition) is 4. The summed E-state index contributed by atoms with van der Waals surface area (Å²) in [6, 6.07) is 4.76. The summed E-state index contributed by atoms with van der Waals surface area (Å²) in [5.41, 5.74) is 2.87. The summed E-state index contributed by atoms with van der Waals surface area (Å²) < 4.78 is 0. The van der Waals surface area contributed by atoms with Crippen LogP contribution in [0.25, 0.3) is 0 Å². The monoisotopic (exact) mass is 361 g/mol. The quantitative estimate of drug-likeness (QED) is 0.670. The lowest BCUT2D eigenvalue weighted by molar-refractivity contribution is 0.0944. The van der Waals surface area contributed by atoms with Crippen LogP contribution in [0.2, 0.25) is 5.02 Å². The molecular weight excluding hydrogens is 342 g/mol. The molecule has 7 nitrogen and oxygen atoms in total. The molecule has 132 valence electrons. The lowest BCUT2D eigenvalue weighted by Gasteiger charge is -2.15. The minimum Gasteiger partial charge on any atom is -0.350 e. The maximum Gasteiger partial charge on any atom is 0.276 e. The molecule has 2 aromatic rings. The number of amides is 2. The molecule has 3 rings (SSSR count). The molecule has 1 aromatic carbocycles. The average molecular weight is 362 g/mol. The molecule has 0 spiro atoms. The van der Waals surface area contributed by atoms with E-state index >= 15 is 0 Å². The van der Waals surface area contributed by atoms with Gasteiger partial charge < -0.3 is 16.0 Å².